The molecule has 0 bridgehead atoms. The number of amides is 2. The number of aryl methyl sites for hydroxylation is 1. The number of nitrogens with zero attached hydrogens (tertiary/aromatic N) is 3. The van der Waals surface area contributed by atoms with E-state index in [9.17, 15) is 9.59 Å². The van der Waals surface area contributed by atoms with Crippen molar-refractivity contribution in [1.29, 1.82) is 0 Å². The topological polar surface area (TPSA) is 80.4 Å². The van der Waals surface area contributed by atoms with Crippen LogP contribution in [0.4, 0.5) is 5.69 Å². The van der Waals surface area contributed by atoms with Crippen molar-refractivity contribution < 1.29 is 14.0 Å². The van der Waals surface area contributed by atoms with Gasteiger partial charge in [0.25, 0.3) is 5.91 Å². The van der Waals surface area contributed by atoms with Gasteiger partial charge in [-0.05, 0) is 56.0 Å². The lowest BCUT2D eigenvalue weighted by atomic mass is 9.93. The van der Waals surface area contributed by atoms with Gasteiger partial charge in [-0.15, -0.1) is 0 Å². The van der Waals surface area contributed by atoms with Crippen LogP contribution in [0.15, 0.2) is 53.1 Å². The second kappa shape index (κ2) is 9.12. The van der Waals surface area contributed by atoms with Crippen LogP contribution in [0.3, 0.4) is 0 Å². The summed E-state index contributed by atoms with van der Waals surface area (Å²) >= 11 is 0. The lowest BCUT2D eigenvalue weighted by Crippen LogP contribution is -2.65. The van der Waals surface area contributed by atoms with Gasteiger partial charge in [0.15, 0.2) is 5.76 Å². The average molecular weight is 461 g/mol. The van der Waals surface area contributed by atoms with Gasteiger partial charge < -0.3 is 9.73 Å². The first-order chi connectivity index (χ1) is 16.5. The molecule has 1 unspecified atom stereocenters. The normalized spacial score (nSPS) is 21.2. The van der Waals surface area contributed by atoms with Crippen molar-refractivity contribution >= 4 is 17.5 Å². The summed E-state index contributed by atoms with van der Waals surface area (Å²) in [6.45, 7) is 4.21. The Morgan fingerprint density at radius 1 is 1.15 bits per heavy atom. The van der Waals surface area contributed by atoms with Crippen molar-refractivity contribution in [2.75, 3.05) is 4.90 Å². The van der Waals surface area contributed by atoms with Gasteiger partial charge in [-0.1, -0.05) is 44.7 Å². The molecule has 3 heterocycles. The minimum Gasteiger partial charge on any atom is -0.463 e. The number of rotatable bonds is 5. The molecule has 1 fully saturated rings. The van der Waals surface area contributed by atoms with Crippen LogP contribution in [-0.4, -0.2) is 33.2 Å². The summed E-state index contributed by atoms with van der Waals surface area (Å²) in [6.07, 6.45) is 9.13. The van der Waals surface area contributed by atoms with Crippen LogP contribution in [0.2, 0.25) is 0 Å². The molecule has 2 aromatic heterocycles. The molecule has 1 aliphatic heterocycles. The van der Waals surface area contributed by atoms with Crippen LogP contribution in [-0.2, 0) is 17.8 Å². The first-order valence-electron chi connectivity index (χ1n) is 12.4. The molecular weight excluding hydrogens is 428 g/mol. The van der Waals surface area contributed by atoms with Crippen LogP contribution in [0.25, 0.3) is 11.5 Å². The summed E-state index contributed by atoms with van der Waals surface area (Å²) in [5.41, 5.74) is 1.82. The molecule has 0 radical (unpaired) electrons. The molecule has 1 N–H and O–H groups in total. The molecule has 7 heteroatoms. The van der Waals surface area contributed by atoms with E-state index in [0.717, 1.165) is 32.1 Å². The van der Waals surface area contributed by atoms with Crippen molar-refractivity contribution in [2.24, 2.45) is 0 Å². The molecule has 0 saturated heterocycles. The number of aromatic nitrogens is 2. The molecule has 34 heavy (non-hydrogen) atoms. The van der Waals surface area contributed by atoms with Crippen LogP contribution < -0.4 is 10.2 Å². The number of fused-ring (bicyclic) bond motifs is 1. The molecule has 1 aromatic carbocycles. The van der Waals surface area contributed by atoms with Gasteiger partial charge in [0.05, 0.1) is 12.8 Å². The van der Waals surface area contributed by atoms with Crippen LogP contribution in [0.1, 0.15) is 68.4 Å². The molecule has 5 rings (SSSR count). The standard InChI is InChI=1S/C27H32N4O3/c1-3-19-12-14-21(15-13-19)31-25(32)23-17-22(24-11-8-16-34-24)29-30(23)18-27(31,2)26(33)28-20-9-6-4-5-7-10-20/h8,11-17,20H,3-7,9-10,18H2,1-2H3,(H,28,33). The lowest BCUT2D eigenvalue weighted by Gasteiger charge is -2.43. The van der Waals surface area contributed by atoms with E-state index in [4.69, 9.17) is 4.42 Å². The van der Waals surface area contributed by atoms with E-state index in [-0.39, 0.29) is 24.4 Å². The SMILES string of the molecule is CCc1ccc(N2C(=O)c3cc(-c4ccco4)nn3CC2(C)C(=O)NC2CCCCCC2)cc1. The molecule has 1 saturated carbocycles. The number of carbonyl (C=O) groups excluding carboxylic acids is 2. The Balaban J connectivity index is 1.53. The Morgan fingerprint density at radius 2 is 1.88 bits per heavy atom. The fourth-order valence-corrected chi connectivity index (χ4v) is 5.18. The molecule has 7 nitrogen and oxygen atoms in total. The number of carbonyl (C=O) groups is 2. The second-order valence-corrected chi connectivity index (χ2v) is 9.65. The van der Waals surface area contributed by atoms with Crippen molar-refractivity contribution in [1.82, 2.24) is 15.1 Å². The van der Waals surface area contributed by atoms with Gasteiger partial charge in [0, 0.05) is 17.8 Å². The molecule has 2 aliphatic rings. The molecule has 3 aromatic rings. The van der Waals surface area contributed by atoms with Crippen LogP contribution >= 0.6 is 0 Å². The van der Waals surface area contributed by atoms with Gasteiger partial charge in [-0.3, -0.25) is 19.2 Å². The van der Waals surface area contributed by atoms with Gasteiger partial charge >= 0.3 is 0 Å². The fourth-order valence-electron chi connectivity index (χ4n) is 5.18. The van der Waals surface area contributed by atoms with Crippen molar-refractivity contribution in [3.8, 4) is 11.5 Å². The first kappa shape index (κ1) is 22.4. The Hall–Kier alpha value is -3.35. The van der Waals surface area contributed by atoms with Gasteiger partial charge in [0.2, 0.25) is 5.91 Å². The van der Waals surface area contributed by atoms with Crippen LogP contribution in [0.5, 0.6) is 0 Å². The molecule has 0 spiro atoms. The zero-order valence-electron chi connectivity index (χ0n) is 19.9. The Kier molecular flexibility index (Phi) is 6.02. The highest BCUT2D eigenvalue weighted by atomic mass is 16.3. The number of hydrogen-bond acceptors (Lipinski definition) is 4. The van der Waals surface area contributed by atoms with E-state index in [1.165, 1.54) is 18.4 Å². The van der Waals surface area contributed by atoms with Gasteiger partial charge in [0.1, 0.15) is 16.9 Å². The minimum atomic E-state index is -1.11. The highest BCUT2D eigenvalue weighted by molar-refractivity contribution is 6.12. The van der Waals surface area contributed by atoms with Gasteiger partial charge in [-0.2, -0.15) is 5.10 Å². The summed E-state index contributed by atoms with van der Waals surface area (Å²) in [7, 11) is 0. The number of benzene rings is 1. The second-order valence-electron chi connectivity index (χ2n) is 9.65. The zero-order chi connectivity index (χ0) is 23.7. The Labute approximate surface area is 200 Å². The number of furan rings is 1. The zero-order valence-corrected chi connectivity index (χ0v) is 19.9. The summed E-state index contributed by atoms with van der Waals surface area (Å²) in [5.74, 6) is 0.227. The number of anilines is 1. The summed E-state index contributed by atoms with van der Waals surface area (Å²) in [4.78, 5) is 29.4. The largest absolute Gasteiger partial charge is 0.463 e. The number of nitrogens with one attached hydrogen (secondary N) is 1. The summed E-state index contributed by atoms with van der Waals surface area (Å²) in [6, 6.07) is 13.4. The van der Waals surface area contributed by atoms with E-state index >= 15 is 0 Å². The monoisotopic (exact) mass is 460 g/mol. The van der Waals surface area contributed by atoms with Crippen molar-refractivity contribution in [3.63, 3.8) is 0 Å². The average Bonchev–Trinajstić information content (AvgIpc) is 3.45. The summed E-state index contributed by atoms with van der Waals surface area (Å²) < 4.78 is 7.16. The Morgan fingerprint density at radius 3 is 2.53 bits per heavy atom. The lowest BCUT2D eigenvalue weighted by molar-refractivity contribution is -0.127. The number of hydrogen-bond donors (Lipinski definition) is 1. The maximum atomic E-state index is 13.9. The Bertz CT molecular complexity index is 1160. The predicted molar refractivity (Wildman–Crippen MR) is 131 cm³/mol. The quantitative estimate of drug-likeness (QED) is 0.546. The maximum absolute atomic E-state index is 13.9. The van der Waals surface area contributed by atoms with E-state index < -0.39 is 5.54 Å². The molecule has 1 atom stereocenters. The van der Waals surface area contributed by atoms with E-state index in [2.05, 4.69) is 17.3 Å². The third-order valence-electron chi connectivity index (χ3n) is 7.21. The molecule has 178 valence electrons. The van der Waals surface area contributed by atoms with Crippen LogP contribution in [0, 0.1) is 0 Å². The van der Waals surface area contributed by atoms with Crippen molar-refractivity contribution in [2.45, 2.75) is 76.9 Å². The molecule has 2 amide bonds. The fraction of sp³-hybridized carbons (Fsp3) is 0.444. The highest BCUT2D eigenvalue weighted by Crippen LogP contribution is 2.35. The van der Waals surface area contributed by atoms with Crippen molar-refractivity contribution in [3.05, 3.63) is 60.0 Å². The maximum Gasteiger partial charge on any atom is 0.277 e. The molecule has 1 aliphatic carbocycles. The van der Waals surface area contributed by atoms with E-state index in [1.54, 1.807) is 28.0 Å². The third kappa shape index (κ3) is 4.04. The van der Waals surface area contributed by atoms with Gasteiger partial charge in [-0.25, -0.2) is 0 Å². The first-order valence-corrected chi connectivity index (χ1v) is 12.4. The molecular formula is C27H32N4O3. The third-order valence-corrected chi connectivity index (χ3v) is 7.21. The van der Waals surface area contributed by atoms with E-state index in [1.807, 2.05) is 37.3 Å². The summed E-state index contributed by atoms with van der Waals surface area (Å²) in [5, 5.41) is 7.92. The smallest absolute Gasteiger partial charge is 0.277 e. The highest BCUT2D eigenvalue weighted by Gasteiger charge is 2.49. The van der Waals surface area contributed by atoms with E-state index in [0.29, 0.717) is 22.8 Å². The minimum absolute atomic E-state index is 0.131. The predicted octanol–water partition coefficient (Wildman–Crippen LogP) is 4.96.